The first kappa shape index (κ1) is 11.9. The lowest BCUT2D eigenvalue weighted by atomic mass is 9.87. The Morgan fingerprint density at radius 2 is 2.12 bits per heavy atom. The van der Waals surface area contributed by atoms with E-state index in [-0.39, 0.29) is 31.0 Å². The van der Waals surface area contributed by atoms with Crippen LogP contribution in [0.3, 0.4) is 0 Å². The third-order valence-electron chi connectivity index (χ3n) is 3.67. The summed E-state index contributed by atoms with van der Waals surface area (Å²) in [7, 11) is 0. The van der Waals surface area contributed by atoms with Gasteiger partial charge in [0.15, 0.2) is 0 Å². The maximum atomic E-state index is 10.3. The van der Waals surface area contributed by atoms with Crippen molar-refractivity contribution >= 4 is 0 Å². The number of ether oxygens (including phenoxy) is 1. The van der Waals surface area contributed by atoms with Crippen molar-refractivity contribution in [2.24, 2.45) is 17.8 Å². The van der Waals surface area contributed by atoms with Crippen LogP contribution in [0, 0.1) is 17.8 Å². The summed E-state index contributed by atoms with van der Waals surface area (Å²) >= 11 is 0. The number of aliphatic hydroxyl groups excluding tert-OH is 2. The van der Waals surface area contributed by atoms with Gasteiger partial charge in [0.05, 0.1) is 12.5 Å². The second kappa shape index (κ2) is 4.02. The van der Waals surface area contributed by atoms with Gasteiger partial charge in [0.2, 0.25) is 5.79 Å². The first-order chi connectivity index (χ1) is 7.54. The predicted octanol–water partition coefficient (Wildman–Crippen LogP) is 0.626. The Bertz CT molecular complexity index is 310. The lowest BCUT2D eigenvalue weighted by Crippen LogP contribution is -2.48. The summed E-state index contributed by atoms with van der Waals surface area (Å²) in [4.78, 5) is 0. The van der Waals surface area contributed by atoms with E-state index in [1.54, 1.807) is 0 Å². The zero-order valence-electron chi connectivity index (χ0n) is 9.81. The Balaban J connectivity index is 2.28. The van der Waals surface area contributed by atoms with Crippen molar-refractivity contribution in [3.05, 3.63) is 11.3 Å². The number of rotatable bonds is 4. The SMILES string of the molecule is CC(C)C1=C2C(CCO)CC(CO)C2(O)O1. The molecule has 3 N–H and O–H groups in total. The first-order valence-electron chi connectivity index (χ1n) is 5.92. The van der Waals surface area contributed by atoms with Crippen molar-refractivity contribution in [2.75, 3.05) is 13.2 Å². The lowest BCUT2D eigenvalue weighted by molar-refractivity contribution is -0.221. The lowest BCUT2D eigenvalue weighted by Gasteiger charge is -2.43. The zero-order valence-corrected chi connectivity index (χ0v) is 9.81. The van der Waals surface area contributed by atoms with Crippen LogP contribution in [0.25, 0.3) is 0 Å². The summed E-state index contributed by atoms with van der Waals surface area (Å²) in [6, 6.07) is 0. The molecule has 0 aromatic carbocycles. The minimum Gasteiger partial charge on any atom is -0.462 e. The highest BCUT2D eigenvalue weighted by molar-refractivity contribution is 5.35. The summed E-state index contributed by atoms with van der Waals surface area (Å²) in [5.41, 5.74) is 0.913. The second-order valence-corrected chi connectivity index (χ2v) is 5.06. The number of hydrogen-bond donors (Lipinski definition) is 3. The Morgan fingerprint density at radius 1 is 1.44 bits per heavy atom. The van der Waals surface area contributed by atoms with Gasteiger partial charge in [-0.05, 0) is 18.8 Å². The smallest absolute Gasteiger partial charge is 0.239 e. The maximum Gasteiger partial charge on any atom is 0.239 e. The van der Waals surface area contributed by atoms with Crippen LogP contribution in [0.5, 0.6) is 0 Å². The molecule has 16 heavy (non-hydrogen) atoms. The largest absolute Gasteiger partial charge is 0.462 e. The van der Waals surface area contributed by atoms with Gasteiger partial charge in [0, 0.05) is 18.1 Å². The molecule has 1 fully saturated rings. The van der Waals surface area contributed by atoms with Crippen LogP contribution in [-0.4, -0.2) is 34.3 Å². The quantitative estimate of drug-likeness (QED) is 0.660. The number of aliphatic hydroxyl groups is 3. The molecule has 0 aromatic heterocycles. The summed E-state index contributed by atoms with van der Waals surface area (Å²) in [6.07, 6.45) is 1.33. The van der Waals surface area contributed by atoms with E-state index in [0.29, 0.717) is 12.8 Å². The Labute approximate surface area is 95.5 Å². The molecule has 0 bridgehead atoms. The van der Waals surface area contributed by atoms with Gasteiger partial charge in [-0.15, -0.1) is 0 Å². The zero-order chi connectivity index (χ0) is 11.9. The number of hydrogen-bond acceptors (Lipinski definition) is 4. The standard InChI is InChI=1S/C12H20O4/c1-7(2)11-10-8(3-4-13)5-9(6-14)12(10,15)16-11/h7-9,13-15H,3-6H2,1-2H3. The van der Waals surface area contributed by atoms with Gasteiger partial charge in [0.25, 0.3) is 0 Å². The van der Waals surface area contributed by atoms with Gasteiger partial charge in [-0.25, -0.2) is 0 Å². The van der Waals surface area contributed by atoms with Crippen LogP contribution >= 0.6 is 0 Å². The fourth-order valence-electron chi connectivity index (χ4n) is 2.87. The van der Waals surface area contributed by atoms with E-state index in [2.05, 4.69) is 0 Å². The molecule has 0 radical (unpaired) electrons. The molecule has 2 aliphatic rings. The summed E-state index contributed by atoms with van der Waals surface area (Å²) in [6.45, 7) is 4.06. The minimum atomic E-state index is -1.26. The van der Waals surface area contributed by atoms with Crippen molar-refractivity contribution < 1.29 is 20.1 Å². The molecular weight excluding hydrogens is 208 g/mol. The van der Waals surface area contributed by atoms with E-state index in [9.17, 15) is 10.2 Å². The topological polar surface area (TPSA) is 69.9 Å². The minimum absolute atomic E-state index is 0.0761. The average molecular weight is 228 g/mol. The number of fused-ring (bicyclic) bond motifs is 1. The molecular formula is C12H20O4. The van der Waals surface area contributed by atoms with Crippen molar-refractivity contribution in [2.45, 2.75) is 32.5 Å². The Hall–Kier alpha value is -0.580. The molecule has 1 heterocycles. The predicted molar refractivity (Wildman–Crippen MR) is 58.3 cm³/mol. The van der Waals surface area contributed by atoms with E-state index in [1.807, 2.05) is 13.8 Å². The molecule has 3 atom stereocenters. The van der Waals surface area contributed by atoms with Gasteiger partial charge in [-0.2, -0.15) is 0 Å². The van der Waals surface area contributed by atoms with Gasteiger partial charge >= 0.3 is 0 Å². The third kappa shape index (κ3) is 1.48. The molecule has 0 aromatic rings. The number of allylic oxidation sites excluding steroid dienone is 1. The van der Waals surface area contributed by atoms with E-state index < -0.39 is 5.79 Å². The fraction of sp³-hybridized carbons (Fsp3) is 0.833. The average Bonchev–Trinajstić information content (AvgIpc) is 2.39. The summed E-state index contributed by atoms with van der Waals surface area (Å²) in [5, 5.41) is 28.6. The van der Waals surface area contributed by atoms with E-state index >= 15 is 0 Å². The van der Waals surface area contributed by atoms with Gasteiger partial charge in [0.1, 0.15) is 5.76 Å². The summed E-state index contributed by atoms with van der Waals surface area (Å²) < 4.78 is 5.49. The molecule has 4 heteroatoms. The van der Waals surface area contributed by atoms with Crippen molar-refractivity contribution in [1.29, 1.82) is 0 Å². The van der Waals surface area contributed by atoms with Crippen LogP contribution in [0.1, 0.15) is 26.7 Å². The molecule has 0 amide bonds. The molecule has 1 saturated carbocycles. The normalized spacial score (nSPS) is 37.4. The summed E-state index contributed by atoms with van der Waals surface area (Å²) in [5.74, 6) is -0.264. The highest BCUT2D eigenvalue weighted by Crippen LogP contribution is 2.56. The third-order valence-corrected chi connectivity index (χ3v) is 3.67. The molecule has 3 unspecified atom stereocenters. The van der Waals surface area contributed by atoms with Crippen molar-refractivity contribution in [1.82, 2.24) is 0 Å². The molecule has 1 aliphatic carbocycles. The first-order valence-corrected chi connectivity index (χ1v) is 5.92. The van der Waals surface area contributed by atoms with Crippen LogP contribution in [0.2, 0.25) is 0 Å². The van der Waals surface area contributed by atoms with E-state index in [0.717, 1.165) is 11.3 Å². The Kier molecular flexibility index (Phi) is 2.99. The second-order valence-electron chi connectivity index (χ2n) is 5.06. The molecule has 0 saturated heterocycles. The molecule has 0 spiro atoms. The highest BCUT2D eigenvalue weighted by Gasteiger charge is 2.60. The molecule has 92 valence electrons. The molecule has 4 nitrogen and oxygen atoms in total. The van der Waals surface area contributed by atoms with Crippen LogP contribution in [0.15, 0.2) is 11.3 Å². The van der Waals surface area contributed by atoms with E-state index in [1.165, 1.54) is 0 Å². The maximum absolute atomic E-state index is 10.3. The fourth-order valence-corrected chi connectivity index (χ4v) is 2.87. The van der Waals surface area contributed by atoms with Crippen molar-refractivity contribution in [3.8, 4) is 0 Å². The van der Waals surface area contributed by atoms with Crippen molar-refractivity contribution in [3.63, 3.8) is 0 Å². The van der Waals surface area contributed by atoms with Gasteiger partial charge < -0.3 is 20.1 Å². The van der Waals surface area contributed by atoms with Crippen LogP contribution in [-0.2, 0) is 4.74 Å². The molecule has 2 rings (SSSR count). The van der Waals surface area contributed by atoms with Gasteiger partial charge in [-0.1, -0.05) is 13.8 Å². The van der Waals surface area contributed by atoms with E-state index in [4.69, 9.17) is 9.84 Å². The molecule has 1 aliphatic heterocycles. The highest BCUT2D eigenvalue weighted by atomic mass is 16.6. The Morgan fingerprint density at radius 3 is 2.62 bits per heavy atom. The van der Waals surface area contributed by atoms with Gasteiger partial charge in [-0.3, -0.25) is 0 Å². The monoisotopic (exact) mass is 228 g/mol. The van der Waals surface area contributed by atoms with Crippen LogP contribution in [0.4, 0.5) is 0 Å². The van der Waals surface area contributed by atoms with Crippen LogP contribution < -0.4 is 0 Å².